The van der Waals surface area contributed by atoms with E-state index in [1.54, 1.807) is 22.0 Å². The highest BCUT2D eigenvalue weighted by molar-refractivity contribution is 7.99. The molecule has 1 fully saturated rings. The summed E-state index contributed by atoms with van der Waals surface area (Å²) in [5.41, 5.74) is 0.263. The van der Waals surface area contributed by atoms with Gasteiger partial charge in [0.05, 0.1) is 11.9 Å². The molecule has 4 heterocycles. The number of piperidine rings is 1. The third-order valence-corrected chi connectivity index (χ3v) is 8.18. The monoisotopic (exact) mass is 648 g/mol. The second kappa shape index (κ2) is 12.5. The summed E-state index contributed by atoms with van der Waals surface area (Å²) in [4.78, 5) is 38.4. The van der Waals surface area contributed by atoms with Crippen molar-refractivity contribution in [3.8, 4) is 17.6 Å². The maximum Gasteiger partial charge on any atom is 0.417 e. The molecule has 3 N–H and O–H groups in total. The summed E-state index contributed by atoms with van der Waals surface area (Å²) >= 11 is 1.21. The number of amides is 2. The van der Waals surface area contributed by atoms with Crippen molar-refractivity contribution in [1.82, 2.24) is 29.7 Å². The first kappa shape index (κ1) is 31.9. The molecule has 0 spiro atoms. The molecule has 5 rings (SSSR count). The summed E-state index contributed by atoms with van der Waals surface area (Å²) in [5.74, 6) is -0.105. The number of carbonyl (C=O) groups is 2. The van der Waals surface area contributed by atoms with Gasteiger partial charge in [-0.15, -0.1) is 0 Å². The molecule has 0 bridgehead atoms. The summed E-state index contributed by atoms with van der Waals surface area (Å²) in [6.45, 7) is 5.29. The van der Waals surface area contributed by atoms with Crippen LogP contribution in [0, 0.1) is 22.7 Å². The van der Waals surface area contributed by atoms with Gasteiger partial charge in [0, 0.05) is 30.6 Å². The predicted molar refractivity (Wildman–Crippen MR) is 152 cm³/mol. The number of fused-ring (bicyclic) bond motifs is 2. The number of nitrogens with zero attached hydrogens (tertiary/aromatic N) is 5. The molecule has 3 aromatic rings. The van der Waals surface area contributed by atoms with E-state index in [9.17, 15) is 28.0 Å². The first-order valence-corrected chi connectivity index (χ1v) is 14.9. The molecule has 2 aliphatic heterocycles. The number of nitrogens with one attached hydrogen (secondary N) is 3. The van der Waals surface area contributed by atoms with Crippen molar-refractivity contribution in [2.24, 2.45) is 5.92 Å². The van der Waals surface area contributed by atoms with Gasteiger partial charge in [-0.1, -0.05) is 11.8 Å². The Labute approximate surface area is 259 Å². The lowest BCUT2D eigenvalue weighted by Gasteiger charge is -2.35. The number of aromatic amines is 1. The summed E-state index contributed by atoms with van der Waals surface area (Å²) in [6.07, 6.45) is -3.21. The molecule has 1 saturated heterocycles. The molecule has 13 nitrogen and oxygen atoms in total. The second-order valence-corrected chi connectivity index (χ2v) is 12.7. The van der Waals surface area contributed by atoms with Crippen LogP contribution in [0.3, 0.4) is 0 Å². The molecule has 0 radical (unpaired) electrons. The van der Waals surface area contributed by atoms with Crippen molar-refractivity contribution in [3.63, 3.8) is 0 Å². The number of likely N-dealkylation sites (tertiary alicyclic amines) is 1. The summed E-state index contributed by atoms with van der Waals surface area (Å²) in [5, 5.41) is 20.0. The van der Waals surface area contributed by atoms with Gasteiger partial charge in [0.1, 0.15) is 17.2 Å². The Kier molecular flexibility index (Phi) is 8.88. The topological polar surface area (TPSA) is 171 Å². The minimum absolute atomic E-state index is 0.00201. The Hall–Kier alpha value is -4.46. The van der Waals surface area contributed by atoms with Gasteiger partial charge in [-0.2, -0.15) is 18.4 Å². The molecule has 2 amide bonds. The number of carbonyl (C=O) groups excluding carboxylic acids is 2. The zero-order valence-corrected chi connectivity index (χ0v) is 25.5. The zero-order valence-electron chi connectivity index (χ0n) is 24.7. The largest absolute Gasteiger partial charge is 0.454 e. The Morgan fingerprint density at radius 3 is 2.58 bits per heavy atom. The van der Waals surface area contributed by atoms with E-state index < -0.39 is 29.8 Å². The van der Waals surface area contributed by atoms with E-state index in [-0.39, 0.29) is 31.3 Å². The van der Waals surface area contributed by atoms with Gasteiger partial charge in [0.15, 0.2) is 27.8 Å². The summed E-state index contributed by atoms with van der Waals surface area (Å²) < 4.78 is 58.6. The average Bonchev–Trinajstić information content (AvgIpc) is 3.61. The number of imidazole rings is 1. The first-order chi connectivity index (χ1) is 21.2. The van der Waals surface area contributed by atoms with Crippen LogP contribution in [-0.4, -0.2) is 74.1 Å². The smallest absolute Gasteiger partial charge is 0.417 e. The Bertz CT molecular complexity index is 1700. The van der Waals surface area contributed by atoms with Gasteiger partial charge in [-0.25, -0.2) is 14.8 Å². The van der Waals surface area contributed by atoms with Crippen LogP contribution in [0.15, 0.2) is 28.5 Å². The zero-order chi connectivity index (χ0) is 32.5. The molecule has 17 heteroatoms. The van der Waals surface area contributed by atoms with E-state index >= 15 is 0 Å². The fourth-order valence-electron chi connectivity index (χ4n) is 5.03. The molecule has 1 atom stereocenters. The van der Waals surface area contributed by atoms with Crippen molar-refractivity contribution in [2.75, 3.05) is 19.9 Å². The van der Waals surface area contributed by atoms with Gasteiger partial charge in [0.25, 0.3) is 5.91 Å². The fourth-order valence-corrected chi connectivity index (χ4v) is 5.90. The van der Waals surface area contributed by atoms with Crippen LogP contribution < -0.4 is 20.3 Å². The molecule has 0 saturated carbocycles. The molecule has 2 aromatic heterocycles. The molecule has 1 aromatic carbocycles. The maximum atomic E-state index is 13.7. The first-order valence-electron chi connectivity index (χ1n) is 14.1. The van der Waals surface area contributed by atoms with E-state index in [0.29, 0.717) is 64.1 Å². The number of benzene rings is 1. The van der Waals surface area contributed by atoms with Gasteiger partial charge in [0.2, 0.25) is 12.8 Å². The van der Waals surface area contributed by atoms with Crippen molar-refractivity contribution >= 4 is 34.9 Å². The quantitative estimate of drug-likeness (QED) is 0.342. The van der Waals surface area contributed by atoms with Gasteiger partial charge < -0.3 is 34.0 Å². The minimum Gasteiger partial charge on any atom is -0.454 e. The number of aromatic nitrogens is 4. The van der Waals surface area contributed by atoms with Gasteiger partial charge >= 0.3 is 12.3 Å². The summed E-state index contributed by atoms with van der Waals surface area (Å²) in [7, 11) is 0. The minimum atomic E-state index is -4.98. The van der Waals surface area contributed by atoms with Crippen LogP contribution in [0.1, 0.15) is 45.6 Å². The second-order valence-electron chi connectivity index (χ2n) is 11.6. The lowest BCUT2D eigenvalue weighted by Crippen LogP contribution is -2.57. The van der Waals surface area contributed by atoms with Crippen LogP contribution in [0.4, 0.5) is 18.0 Å². The lowest BCUT2D eigenvalue weighted by atomic mass is 9.93. The molecule has 240 valence electrons. The number of alkyl carbamates (subject to hydrolysis) is 1. The standard InChI is InChI=1S/C28H31F3N8O5S/c1-27(2,3)44-26(41)36-21(28(29,30)31)24(40)38-7-4-15(5-8-38)6-9-39-13-34-22(33)20-23(39)37-25(35-20)45-19-11-18-17(42-14-43-18)10-16(19)12-32/h10-11,13,15,21,33H,4-9,14H2,1-3H3,(H,35,37)(H,36,41). The maximum absolute atomic E-state index is 13.7. The number of halogens is 3. The molecule has 45 heavy (non-hydrogen) atoms. The molecule has 0 aliphatic carbocycles. The molecule has 1 unspecified atom stereocenters. The van der Waals surface area contributed by atoms with E-state index in [4.69, 9.17) is 19.6 Å². The van der Waals surface area contributed by atoms with E-state index in [1.165, 1.54) is 38.9 Å². The van der Waals surface area contributed by atoms with Crippen molar-refractivity contribution in [1.29, 1.82) is 10.7 Å². The normalized spacial score (nSPS) is 16.0. The number of hydrogen-bond donors (Lipinski definition) is 3. The number of alkyl halides is 3. The highest BCUT2D eigenvalue weighted by atomic mass is 32.2. The third kappa shape index (κ3) is 7.44. The van der Waals surface area contributed by atoms with E-state index in [1.807, 2.05) is 0 Å². The van der Waals surface area contributed by atoms with Gasteiger partial charge in [-0.3, -0.25) is 10.2 Å². The number of aryl methyl sites for hydroxylation is 1. The number of ether oxygens (including phenoxy) is 3. The molecular weight excluding hydrogens is 617 g/mol. The van der Waals surface area contributed by atoms with Crippen LogP contribution in [0.25, 0.3) is 11.2 Å². The van der Waals surface area contributed by atoms with E-state index in [2.05, 4.69) is 21.0 Å². The highest BCUT2D eigenvalue weighted by Crippen LogP contribution is 2.40. The van der Waals surface area contributed by atoms with Crippen LogP contribution in [0.2, 0.25) is 0 Å². The van der Waals surface area contributed by atoms with Crippen molar-refractivity contribution in [2.45, 2.75) is 74.4 Å². The van der Waals surface area contributed by atoms with Crippen molar-refractivity contribution < 1.29 is 37.0 Å². The Morgan fingerprint density at radius 1 is 1.24 bits per heavy atom. The van der Waals surface area contributed by atoms with Crippen molar-refractivity contribution in [3.05, 3.63) is 29.5 Å². The van der Waals surface area contributed by atoms with E-state index in [0.717, 1.165) is 4.90 Å². The average molecular weight is 649 g/mol. The molecular formula is C28H31F3N8O5S. The van der Waals surface area contributed by atoms with Crippen LogP contribution in [-0.2, 0) is 16.1 Å². The predicted octanol–water partition coefficient (Wildman–Crippen LogP) is 4.07. The fraction of sp³-hybridized carbons (Fsp3) is 0.500. The third-order valence-electron chi connectivity index (χ3n) is 7.24. The SMILES string of the molecule is CC(C)(C)OC(=O)NC(C(=O)N1CCC(CCn2cnc(=N)c3[nH]c(Sc4cc5c(cc4C#N)OCO5)nc32)CC1)C(F)(F)F. The van der Waals surface area contributed by atoms with Gasteiger partial charge in [-0.05, 0) is 52.0 Å². The Balaban J connectivity index is 1.22. The van der Waals surface area contributed by atoms with Crippen LogP contribution >= 0.6 is 11.8 Å². The summed E-state index contributed by atoms with van der Waals surface area (Å²) in [6, 6.07) is 2.75. The number of nitriles is 1. The number of rotatable bonds is 7. The van der Waals surface area contributed by atoms with Crippen LogP contribution in [0.5, 0.6) is 11.5 Å². The Morgan fingerprint density at radius 2 is 1.93 bits per heavy atom. The lowest BCUT2D eigenvalue weighted by molar-refractivity contribution is -0.175. The molecule has 2 aliphatic rings. The number of hydrogen-bond acceptors (Lipinski definition) is 10. The number of H-pyrrole nitrogens is 1. The highest BCUT2D eigenvalue weighted by Gasteiger charge is 2.48.